The molecule has 0 spiro atoms. The van der Waals surface area contributed by atoms with Gasteiger partial charge in [0.2, 0.25) is 0 Å². The summed E-state index contributed by atoms with van der Waals surface area (Å²) in [6.07, 6.45) is 0. The largest absolute Gasteiger partial charge is 0.362 e. The highest BCUT2D eigenvalue weighted by atomic mass is 16.7. The topological polar surface area (TPSA) is 123 Å². The van der Waals surface area contributed by atoms with Crippen molar-refractivity contribution in [2.45, 2.75) is 0 Å². The Balaban J connectivity index is 1.34. The van der Waals surface area contributed by atoms with Crippen molar-refractivity contribution in [3.63, 3.8) is 0 Å². The molecule has 162 valence electrons. The van der Waals surface area contributed by atoms with Gasteiger partial charge in [0.1, 0.15) is 0 Å². The third kappa shape index (κ3) is 5.23. The van der Waals surface area contributed by atoms with Crippen molar-refractivity contribution in [2.24, 2.45) is 10.2 Å². The lowest BCUT2D eigenvalue weighted by Crippen LogP contribution is -2.10. The fraction of sp³-hybridized carbons (Fsp3) is 0. The van der Waals surface area contributed by atoms with Crippen molar-refractivity contribution >= 4 is 39.7 Å². The van der Waals surface area contributed by atoms with Crippen LogP contribution in [-0.4, -0.2) is 16.8 Å². The van der Waals surface area contributed by atoms with Gasteiger partial charge in [-0.3, -0.25) is 14.9 Å². The molecule has 9 heteroatoms. The molecule has 4 rings (SSSR count). The van der Waals surface area contributed by atoms with Crippen LogP contribution in [-0.2, 0) is 4.84 Å². The van der Waals surface area contributed by atoms with Crippen LogP contribution < -0.4 is 5.48 Å². The molecule has 0 aliphatic carbocycles. The van der Waals surface area contributed by atoms with Crippen LogP contribution in [0.15, 0.2) is 101 Å². The zero-order chi connectivity index (χ0) is 23.2. The lowest BCUT2D eigenvalue weighted by Gasteiger charge is -2.06. The minimum Gasteiger partial charge on any atom is -0.338 e. The number of carbonyl (C=O) groups is 2. The number of carbonyl (C=O) groups excluding carboxylic acids is 2. The number of hydrogen-bond donors (Lipinski definition) is 1. The Bertz CT molecular complexity index is 1370. The highest BCUT2D eigenvalue weighted by molar-refractivity contribution is 5.99. The van der Waals surface area contributed by atoms with E-state index in [4.69, 9.17) is 4.84 Å². The Kier molecular flexibility index (Phi) is 6.12. The summed E-state index contributed by atoms with van der Waals surface area (Å²) in [6.45, 7) is 0. The van der Waals surface area contributed by atoms with Gasteiger partial charge in [-0.15, -0.1) is 10.2 Å². The quantitative estimate of drug-likeness (QED) is 0.228. The van der Waals surface area contributed by atoms with Gasteiger partial charge in [0.05, 0.1) is 21.9 Å². The number of fused-ring (bicyclic) bond motifs is 1. The first-order valence-electron chi connectivity index (χ1n) is 9.76. The summed E-state index contributed by atoms with van der Waals surface area (Å²) in [5.41, 5.74) is 3.87. The number of benzene rings is 4. The first-order chi connectivity index (χ1) is 16.0. The van der Waals surface area contributed by atoms with Crippen molar-refractivity contribution in [1.82, 2.24) is 0 Å². The van der Waals surface area contributed by atoms with E-state index in [9.17, 15) is 19.7 Å². The Hall–Kier alpha value is -4.92. The lowest BCUT2D eigenvalue weighted by molar-refractivity contribution is -0.384. The van der Waals surface area contributed by atoms with Crippen LogP contribution in [0, 0.1) is 10.1 Å². The third-order valence-electron chi connectivity index (χ3n) is 4.70. The monoisotopic (exact) mass is 440 g/mol. The third-order valence-corrected chi connectivity index (χ3v) is 4.70. The highest BCUT2D eigenvalue weighted by Crippen LogP contribution is 2.20. The molecule has 9 nitrogen and oxygen atoms in total. The number of amides is 1. The van der Waals surface area contributed by atoms with E-state index in [0.29, 0.717) is 16.9 Å². The molecular weight excluding hydrogens is 424 g/mol. The molecule has 4 aromatic carbocycles. The molecule has 4 aromatic rings. The van der Waals surface area contributed by atoms with E-state index < -0.39 is 16.8 Å². The molecule has 0 radical (unpaired) electrons. The summed E-state index contributed by atoms with van der Waals surface area (Å²) in [7, 11) is 0. The zero-order valence-corrected chi connectivity index (χ0v) is 17.0. The molecule has 0 aliphatic heterocycles. The molecular formula is C24H16N4O5. The predicted molar refractivity (Wildman–Crippen MR) is 121 cm³/mol. The normalized spacial score (nSPS) is 10.8. The van der Waals surface area contributed by atoms with E-state index in [2.05, 4.69) is 15.7 Å². The molecule has 1 amide bonds. The first kappa shape index (κ1) is 21.3. The van der Waals surface area contributed by atoms with E-state index >= 15 is 0 Å². The molecule has 0 saturated carbocycles. The summed E-state index contributed by atoms with van der Waals surface area (Å²) < 4.78 is 0. The molecule has 0 aliphatic rings. The minimum atomic E-state index is -0.699. The van der Waals surface area contributed by atoms with Crippen molar-refractivity contribution < 1.29 is 19.3 Å². The number of rotatable bonds is 6. The lowest BCUT2D eigenvalue weighted by atomic mass is 10.1. The van der Waals surface area contributed by atoms with Gasteiger partial charge < -0.3 is 4.84 Å². The summed E-state index contributed by atoms with van der Waals surface area (Å²) in [6, 6.07) is 24.5. The molecule has 0 atom stereocenters. The van der Waals surface area contributed by atoms with Crippen LogP contribution >= 0.6 is 0 Å². The molecule has 0 fully saturated rings. The van der Waals surface area contributed by atoms with E-state index in [1.54, 1.807) is 36.4 Å². The molecule has 0 bridgehead atoms. The Morgan fingerprint density at radius 1 is 0.818 bits per heavy atom. The van der Waals surface area contributed by atoms with Crippen LogP contribution in [0.4, 0.5) is 17.1 Å². The first-order valence-corrected chi connectivity index (χ1v) is 9.76. The molecule has 33 heavy (non-hydrogen) atoms. The van der Waals surface area contributed by atoms with Crippen molar-refractivity contribution in [3.05, 3.63) is 112 Å². The number of nitrogens with zero attached hydrogens (tertiary/aromatic N) is 3. The number of azo groups is 1. The maximum atomic E-state index is 12.3. The number of nitrogens with one attached hydrogen (secondary N) is 1. The summed E-state index contributed by atoms with van der Waals surface area (Å²) in [5, 5.41) is 20.4. The summed E-state index contributed by atoms with van der Waals surface area (Å²) in [5.74, 6) is -1.16. The van der Waals surface area contributed by atoms with Crippen LogP contribution in [0.5, 0.6) is 0 Å². The second-order valence-electron chi connectivity index (χ2n) is 6.91. The molecule has 0 aromatic heterocycles. The van der Waals surface area contributed by atoms with Gasteiger partial charge >= 0.3 is 5.97 Å². The smallest absolute Gasteiger partial charge is 0.338 e. The number of nitro benzene ring substituents is 1. The van der Waals surface area contributed by atoms with Crippen LogP contribution in [0.3, 0.4) is 0 Å². The summed E-state index contributed by atoms with van der Waals surface area (Å²) in [4.78, 5) is 39.5. The number of nitro groups is 1. The Labute approximate surface area is 187 Å². The standard InChI is InChI=1S/C24H16N4O5/c29-23(19-6-5-16-3-1-2-4-18(16)15-19)26-25-20-9-11-21(12-10-20)27-33-24(30)17-7-13-22(14-8-17)28(31)32/h1-15,27H. The minimum absolute atomic E-state index is 0.122. The molecule has 0 saturated heterocycles. The second-order valence-corrected chi connectivity index (χ2v) is 6.91. The maximum Gasteiger partial charge on any atom is 0.362 e. The maximum absolute atomic E-state index is 12.3. The van der Waals surface area contributed by atoms with Crippen molar-refractivity contribution in [1.29, 1.82) is 0 Å². The van der Waals surface area contributed by atoms with Gasteiger partial charge in [0.15, 0.2) is 0 Å². The second kappa shape index (κ2) is 9.48. The zero-order valence-electron chi connectivity index (χ0n) is 17.0. The molecule has 0 unspecified atom stereocenters. The molecule has 0 heterocycles. The number of hydrogen-bond acceptors (Lipinski definition) is 7. The number of non-ortho nitro benzene ring substituents is 1. The summed E-state index contributed by atoms with van der Waals surface area (Å²) >= 11 is 0. The average Bonchev–Trinajstić information content (AvgIpc) is 2.86. The van der Waals surface area contributed by atoms with Gasteiger partial charge in [-0.05, 0) is 59.3 Å². The average molecular weight is 440 g/mol. The van der Waals surface area contributed by atoms with E-state index in [1.165, 1.54) is 24.3 Å². The van der Waals surface area contributed by atoms with Crippen LogP contribution in [0.1, 0.15) is 20.7 Å². The SMILES string of the molecule is O=C(N=Nc1ccc(NOC(=O)c2ccc([N+](=O)[O-])cc2)cc1)c1ccc2ccccc2c1. The van der Waals surface area contributed by atoms with Gasteiger partial charge in [-0.1, -0.05) is 30.3 Å². The van der Waals surface area contributed by atoms with Crippen molar-refractivity contribution in [2.75, 3.05) is 5.48 Å². The molecule has 1 N–H and O–H groups in total. The van der Waals surface area contributed by atoms with Gasteiger partial charge in [0.25, 0.3) is 11.6 Å². The van der Waals surface area contributed by atoms with Gasteiger partial charge in [0, 0.05) is 17.7 Å². The number of anilines is 1. The highest BCUT2D eigenvalue weighted by Gasteiger charge is 2.11. The predicted octanol–water partition coefficient (Wildman–Crippen LogP) is 5.86. The Morgan fingerprint density at radius 2 is 1.48 bits per heavy atom. The van der Waals surface area contributed by atoms with E-state index in [0.717, 1.165) is 10.8 Å². The van der Waals surface area contributed by atoms with Gasteiger partial charge in [-0.2, -0.15) is 0 Å². The Morgan fingerprint density at radius 3 is 2.18 bits per heavy atom. The van der Waals surface area contributed by atoms with Crippen LogP contribution in [0.2, 0.25) is 0 Å². The van der Waals surface area contributed by atoms with E-state index in [1.807, 2.05) is 30.3 Å². The fourth-order valence-corrected chi connectivity index (χ4v) is 2.96. The van der Waals surface area contributed by atoms with Crippen LogP contribution in [0.25, 0.3) is 10.8 Å². The van der Waals surface area contributed by atoms with Gasteiger partial charge in [-0.25, -0.2) is 10.3 Å². The van der Waals surface area contributed by atoms with E-state index in [-0.39, 0.29) is 11.3 Å². The fourth-order valence-electron chi connectivity index (χ4n) is 2.96. The van der Waals surface area contributed by atoms with Crippen molar-refractivity contribution in [3.8, 4) is 0 Å².